The fourth-order valence-corrected chi connectivity index (χ4v) is 2.21. The molecule has 0 bridgehead atoms. The van der Waals surface area contributed by atoms with Crippen molar-refractivity contribution in [1.82, 2.24) is 9.55 Å². The van der Waals surface area contributed by atoms with Crippen LogP contribution in [-0.2, 0) is 0 Å². The molecule has 2 saturated carbocycles. The van der Waals surface area contributed by atoms with Crippen molar-refractivity contribution in [3.05, 3.63) is 22.7 Å². The number of nitrogens with zero attached hydrogens (tertiary/aromatic N) is 2. The average Bonchev–Trinajstić information content (AvgIpc) is 3.16. The Labute approximate surface area is 100 Å². The number of anilines is 1. The highest BCUT2D eigenvalue weighted by molar-refractivity contribution is 5.33. The van der Waals surface area contributed by atoms with E-state index < -0.39 is 0 Å². The molecule has 0 saturated heterocycles. The first-order valence-electron chi connectivity index (χ1n) is 6.33. The van der Waals surface area contributed by atoms with Crippen LogP contribution in [0.15, 0.2) is 17.2 Å². The first-order chi connectivity index (χ1) is 8.29. The lowest BCUT2D eigenvalue weighted by Gasteiger charge is -2.16. The van der Waals surface area contributed by atoms with Crippen LogP contribution in [0.2, 0.25) is 0 Å². The molecule has 1 atom stereocenters. The summed E-state index contributed by atoms with van der Waals surface area (Å²) in [5.41, 5.74) is 5.72. The van der Waals surface area contributed by atoms with E-state index in [1.54, 1.807) is 17.0 Å². The van der Waals surface area contributed by atoms with Gasteiger partial charge in [-0.1, -0.05) is 0 Å². The standard InChI is InChI=1S/C12H18N4O/c13-7-10(8-1-2-8)15-11-12(17)16(6-5-14-11)9-3-4-9/h5-6,8-10H,1-4,7,13H2,(H,14,15). The molecule has 1 unspecified atom stereocenters. The molecular weight excluding hydrogens is 216 g/mol. The Morgan fingerprint density at radius 1 is 1.47 bits per heavy atom. The van der Waals surface area contributed by atoms with Crippen LogP contribution < -0.4 is 16.6 Å². The highest BCUT2D eigenvalue weighted by atomic mass is 16.1. The van der Waals surface area contributed by atoms with Gasteiger partial charge in [-0.05, 0) is 31.6 Å². The minimum absolute atomic E-state index is 0.00546. The molecule has 1 heterocycles. The third kappa shape index (κ3) is 2.20. The first kappa shape index (κ1) is 10.8. The van der Waals surface area contributed by atoms with Gasteiger partial charge in [0, 0.05) is 31.0 Å². The lowest BCUT2D eigenvalue weighted by molar-refractivity contribution is 0.633. The van der Waals surface area contributed by atoms with Gasteiger partial charge in [0.05, 0.1) is 0 Å². The van der Waals surface area contributed by atoms with Crippen LogP contribution in [0, 0.1) is 5.92 Å². The van der Waals surface area contributed by atoms with Crippen LogP contribution in [0.1, 0.15) is 31.7 Å². The van der Waals surface area contributed by atoms with Crippen molar-refractivity contribution in [2.45, 2.75) is 37.8 Å². The SMILES string of the molecule is NCC(Nc1nccn(C2CC2)c1=O)C1CC1. The van der Waals surface area contributed by atoms with Gasteiger partial charge in [0.15, 0.2) is 5.82 Å². The van der Waals surface area contributed by atoms with E-state index in [1.165, 1.54) is 12.8 Å². The predicted octanol–water partition coefficient (Wildman–Crippen LogP) is 0.727. The van der Waals surface area contributed by atoms with E-state index in [1.807, 2.05) is 0 Å². The number of nitrogens with one attached hydrogen (secondary N) is 1. The highest BCUT2D eigenvalue weighted by Gasteiger charge is 2.31. The Kier molecular flexibility index (Phi) is 2.63. The number of hydrogen-bond acceptors (Lipinski definition) is 4. The minimum Gasteiger partial charge on any atom is -0.361 e. The zero-order valence-electron chi connectivity index (χ0n) is 9.80. The fourth-order valence-electron chi connectivity index (χ4n) is 2.21. The summed E-state index contributed by atoms with van der Waals surface area (Å²) in [5, 5.41) is 3.21. The molecule has 5 nitrogen and oxygen atoms in total. The van der Waals surface area contributed by atoms with Crippen LogP contribution >= 0.6 is 0 Å². The second-order valence-corrected chi connectivity index (χ2v) is 5.04. The zero-order valence-corrected chi connectivity index (χ0v) is 9.80. The minimum atomic E-state index is -0.00546. The maximum absolute atomic E-state index is 12.1. The monoisotopic (exact) mass is 234 g/mol. The molecule has 17 heavy (non-hydrogen) atoms. The molecule has 1 aromatic rings. The second kappa shape index (κ2) is 4.14. The van der Waals surface area contributed by atoms with Gasteiger partial charge in [-0.3, -0.25) is 4.79 Å². The molecule has 2 aliphatic carbocycles. The van der Waals surface area contributed by atoms with E-state index in [0.717, 1.165) is 12.8 Å². The normalized spacial score (nSPS) is 21.2. The molecule has 0 aromatic carbocycles. The summed E-state index contributed by atoms with van der Waals surface area (Å²) >= 11 is 0. The van der Waals surface area contributed by atoms with Crippen LogP contribution in [0.4, 0.5) is 5.82 Å². The largest absolute Gasteiger partial charge is 0.361 e. The Balaban J connectivity index is 1.81. The molecule has 1 aromatic heterocycles. The summed E-state index contributed by atoms with van der Waals surface area (Å²) in [7, 11) is 0. The quantitative estimate of drug-likeness (QED) is 0.787. The third-order valence-corrected chi connectivity index (χ3v) is 3.58. The van der Waals surface area contributed by atoms with Gasteiger partial charge in [-0.25, -0.2) is 4.98 Å². The highest BCUT2D eigenvalue weighted by Crippen LogP contribution is 2.34. The van der Waals surface area contributed by atoms with Crippen molar-refractivity contribution >= 4 is 5.82 Å². The molecule has 3 rings (SSSR count). The van der Waals surface area contributed by atoms with Crippen LogP contribution in [-0.4, -0.2) is 22.1 Å². The van der Waals surface area contributed by atoms with Crippen LogP contribution in [0.3, 0.4) is 0 Å². The van der Waals surface area contributed by atoms with Gasteiger partial charge in [0.25, 0.3) is 5.56 Å². The van der Waals surface area contributed by atoms with Crippen molar-refractivity contribution in [3.63, 3.8) is 0 Å². The fraction of sp³-hybridized carbons (Fsp3) is 0.667. The topological polar surface area (TPSA) is 72.9 Å². The van der Waals surface area contributed by atoms with Gasteiger partial charge >= 0.3 is 0 Å². The van der Waals surface area contributed by atoms with E-state index >= 15 is 0 Å². The van der Waals surface area contributed by atoms with E-state index in [-0.39, 0.29) is 11.6 Å². The number of nitrogens with two attached hydrogens (primary N) is 1. The molecule has 2 fully saturated rings. The van der Waals surface area contributed by atoms with Gasteiger partial charge in [-0.2, -0.15) is 0 Å². The third-order valence-electron chi connectivity index (χ3n) is 3.58. The van der Waals surface area contributed by atoms with Gasteiger partial charge in [0.1, 0.15) is 0 Å². The maximum atomic E-state index is 12.1. The predicted molar refractivity (Wildman–Crippen MR) is 66.0 cm³/mol. The summed E-state index contributed by atoms with van der Waals surface area (Å²) in [6.45, 7) is 0.560. The lowest BCUT2D eigenvalue weighted by Crippen LogP contribution is -2.35. The molecule has 92 valence electrons. The van der Waals surface area contributed by atoms with Gasteiger partial charge in [0.2, 0.25) is 0 Å². The van der Waals surface area contributed by atoms with E-state index in [4.69, 9.17) is 5.73 Å². The molecular formula is C12H18N4O. The molecule has 0 radical (unpaired) electrons. The Hall–Kier alpha value is -1.36. The summed E-state index contributed by atoms with van der Waals surface area (Å²) in [4.78, 5) is 16.3. The van der Waals surface area contributed by atoms with Crippen LogP contribution in [0.5, 0.6) is 0 Å². The van der Waals surface area contributed by atoms with Gasteiger partial charge < -0.3 is 15.6 Å². The smallest absolute Gasteiger partial charge is 0.293 e. The van der Waals surface area contributed by atoms with E-state index in [9.17, 15) is 4.79 Å². The summed E-state index contributed by atoms with van der Waals surface area (Å²) in [5.74, 6) is 1.08. The summed E-state index contributed by atoms with van der Waals surface area (Å²) < 4.78 is 1.79. The summed E-state index contributed by atoms with van der Waals surface area (Å²) in [6.07, 6.45) is 8.10. The number of aromatic nitrogens is 2. The zero-order chi connectivity index (χ0) is 11.8. The van der Waals surface area contributed by atoms with Gasteiger partial charge in [-0.15, -0.1) is 0 Å². The number of hydrogen-bond donors (Lipinski definition) is 2. The van der Waals surface area contributed by atoms with Crippen molar-refractivity contribution in [2.75, 3.05) is 11.9 Å². The molecule has 0 amide bonds. The Bertz CT molecular complexity index is 462. The van der Waals surface area contributed by atoms with Crippen molar-refractivity contribution < 1.29 is 0 Å². The Morgan fingerprint density at radius 2 is 2.24 bits per heavy atom. The van der Waals surface area contributed by atoms with Crippen molar-refractivity contribution in [2.24, 2.45) is 11.7 Å². The van der Waals surface area contributed by atoms with Crippen molar-refractivity contribution in [1.29, 1.82) is 0 Å². The Morgan fingerprint density at radius 3 is 2.82 bits per heavy atom. The molecule has 5 heteroatoms. The van der Waals surface area contributed by atoms with Crippen molar-refractivity contribution in [3.8, 4) is 0 Å². The molecule has 3 N–H and O–H groups in total. The second-order valence-electron chi connectivity index (χ2n) is 5.04. The molecule has 0 spiro atoms. The van der Waals surface area contributed by atoms with Crippen LogP contribution in [0.25, 0.3) is 0 Å². The molecule has 2 aliphatic rings. The first-order valence-corrected chi connectivity index (χ1v) is 6.33. The average molecular weight is 234 g/mol. The van der Waals surface area contributed by atoms with E-state index in [0.29, 0.717) is 24.3 Å². The maximum Gasteiger partial charge on any atom is 0.293 e. The lowest BCUT2D eigenvalue weighted by atomic mass is 10.2. The number of rotatable bonds is 5. The summed E-state index contributed by atoms with van der Waals surface area (Å²) in [6, 6.07) is 0.591. The van der Waals surface area contributed by atoms with E-state index in [2.05, 4.69) is 10.3 Å². The molecule has 0 aliphatic heterocycles.